The van der Waals surface area contributed by atoms with Crippen LogP contribution in [0.25, 0.3) is 11.0 Å². The van der Waals surface area contributed by atoms with Crippen molar-refractivity contribution in [2.24, 2.45) is 13.0 Å². The Morgan fingerprint density at radius 2 is 2.06 bits per heavy atom. The van der Waals surface area contributed by atoms with E-state index < -0.39 is 0 Å². The van der Waals surface area contributed by atoms with Crippen molar-refractivity contribution in [1.29, 1.82) is 0 Å². The van der Waals surface area contributed by atoms with E-state index in [1.165, 1.54) is 0 Å². The van der Waals surface area contributed by atoms with Gasteiger partial charge in [-0.3, -0.25) is 0 Å². The molecule has 0 unspecified atom stereocenters. The van der Waals surface area contributed by atoms with Crippen molar-refractivity contribution in [3.05, 3.63) is 22.2 Å². The van der Waals surface area contributed by atoms with Crippen LogP contribution in [0.5, 0.6) is 0 Å². The van der Waals surface area contributed by atoms with Crippen LogP contribution in [0.15, 0.2) is 10.7 Å². The third kappa shape index (κ3) is 2.37. The first kappa shape index (κ1) is 12.6. The van der Waals surface area contributed by atoms with Gasteiger partial charge in [0, 0.05) is 24.1 Å². The van der Waals surface area contributed by atoms with Gasteiger partial charge in [0.1, 0.15) is 11.5 Å². The Balaban J connectivity index is 2.64. The second-order valence-corrected chi connectivity index (χ2v) is 5.68. The van der Waals surface area contributed by atoms with Gasteiger partial charge >= 0.3 is 0 Å². The summed E-state index contributed by atoms with van der Waals surface area (Å²) in [4.78, 5) is 9.35. The van der Waals surface area contributed by atoms with Gasteiger partial charge < -0.3 is 4.57 Å². The highest BCUT2D eigenvalue weighted by Crippen LogP contribution is 2.27. The number of fused-ring (bicyclic) bond motifs is 1. The van der Waals surface area contributed by atoms with E-state index in [1.54, 1.807) is 0 Å². The van der Waals surface area contributed by atoms with Gasteiger partial charge in [0.2, 0.25) is 0 Å². The molecule has 17 heavy (non-hydrogen) atoms. The number of halogens is 1. The molecule has 0 aliphatic carbocycles. The maximum atomic E-state index is 4.68. The van der Waals surface area contributed by atoms with Crippen molar-refractivity contribution in [2.75, 3.05) is 0 Å². The molecule has 92 valence electrons. The van der Waals surface area contributed by atoms with Gasteiger partial charge in [-0.1, -0.05) is 20.8 Å². The van der Waals surface area contributed by atoms with Crippen molar-refractivity contribution in [2.45, 2.75) is 33.6 Å². The zero-order valence-corrected chi connectivity index (χ0v) is 12.4. The van der Waals surface area contributed by atoms with Gasteiger partial charge in [0.15, 0.2) is 0 Å². The molecule has 0 amide bonds. The summed E-state index contributed by atoms with van der Waals surface area (Å²) in [6.45, 7) is 6.53. The topological polar surface area (TPSA) is 30.7 Å². The fourth-order valence-corrected chi connectivity index (χ4v) is 2.77. The molecule has 0 bridgehead atoms. The van der Waals surface area contributed by atoms with Gasteiger partial charge in [0.05, 0.1) is 11.1 Å². The van der Waals surface area contributed by atoms with E-state index in [2.05, 4.69) is 57.4 Å². The molecule has 0 atom stereocenters. The lowest BCUT2D eigenvalue weighted by Crippen LogP contribution is -2.05. The average Bonchev–Trinajstić information content (AvgIpc) is 2.53. The molecule has 3 nitrogen and oxygen atoms in total. The molecule has 0 aliphatic heterocycles. The van der Waals surface area contributed by atoms with Crippen LogP contribution >= 0.6 is 15.9 Å². The van der Waals surface area contributed by atoms with Crippen LogP contribution in [0.2, 0.25) is 0 Å². The minimum absolute atomic E-state index is 0.584. The molecule has 0 saturated heterocycles. The summed E-state index contributed by atoms with van der Waals surface area (Å²) >= 11 is 3.58. The lowest BCUT2D eigenvalue weighted by atomic mass is 10.1. The Labute approximate surface area is 110 Å². The summed E-state index contributed by atoms with van der Waals surface area (Å²) in [5.41, 5.74) is 2.16. The van der Waals surface area contributed by atoms with E-state index in [0.29, 0.717) is 5.92 Å². The Bertz CT molecular complexity index is 543. The quantitative estimate of drug-likeness (QED) is 0.868. The number of hydrogen-bond acceptors (Lipinski definition) is 2. The summed E-state index contributed by atoms with van der Waals surface area (Å²) in [7, 11) is 2.03. The summed E-state index contributed by atoms with van der Waals surface area (Å²) in [5, 5.41) is 1.16. The van der Waals surface area contributed by atoms with Crippen LogP contribution in [-0.4, -0.2) is 14.5 Å². The van der Waals surface area contributed by atoms with E-state index >= 15 is 0 Å². The standard InChI is InChI=1S/C13H18BrN3/c1-5-10-12-9(14)7-17(4)13(12)16-11(15-10)6-8(2)3/h7-8H,5-6H2,1-4H3. The smallest absolute Gasteiger partial charge is 0.144 e. The maximum Gasteiger partial charge on any atom is 0.144 e. The first-order valence-electron chi connectivity index (χ1n) is 6.03. The molecular weight excluding hydrogens is 278 g/mol. The van der Waals surface area contributed by atoms with Crippen LogP contribution in [-0.2, 0) is 19.9 Å². The Morgan fingerprint density at radius 3 is 2.65 bits per heavy atom. The molecule has 0 fully saturated rings. The van der Waals surface area contributed by atoms with Crippen LogP contribution in [0.3, 0.4) is 0 Å². The van der Waals surface area contributed by atoms with Gasteiger partial charge in [-0.15, -0.1) is 0 Å². The summed E-state index contributed by atoms with van der Waals surface area (Å²) in [6, 6.07) is 0. The SMILES string of the molecule is CCc1nc(CC(C)C)nc2c1c(Br)cn2C. The van der Waals surface area contributed by atoms with Crippen LogP contribution in [0, 0.1) is 5.92 Å². The molecule has 4 heteroatoms. The highest BCUT2D eigenvalue weighted by atomic mass is 79.9. The zero-order chi connectivity index (χ0) is 12.6. The number of rotatable bonds is 3. The summed E-state index contributed by atoms with van der Waals surface area (Å²) in [6.07, 6.45) is 3.93. The van der Waals surface area contributed by atoms with E-state index in [4.69, 9.17) is 0 Å². The molecule has 2 aromatic heterocycles. The van der Waals surface area contributed by atoms with Crippen molar-refractivity contribution < 1.29 is 0 Å². The van der Waals surface area contributed by atoms with E-state index in [1.807, 2.05) is 7.05 Å². The molecule has 0 spiro atoms. The summed E-state index contributed by atoms with van der Waals surface area (Å²) < 4.78 is 3.15. The van der Waals surface area contributed by atoms with E-state index in [9.17, 15) is 0 Å². The van der Waals surface area contributed by atoms with Crippen molar-refractivity contribution >= 4 is 27.0 Å². The molecule has 2 rings (SSSR count). The normalized spacial score (nSPS) is 11.6. The fraction of sp³-hybridized carbons (Fsp3) is 0.538. The Morgan fingerprint density at radius 1 is 1.35 bits per heavy atom. The molecule has 0 aromatic carbocycles. The van der Waals surface area contributed by atoms with Crippen LogP contribution < -0.4 is 0 Å². The number of aromatic nitrogens is 3. The number of hydrogen-bond donors (Lipinski definition) is 0. The van der Waals surface area contributed by atoms with Gasteiger partial charge in [0.25, 0.3) is 0 Å². The molecule has 0 saturated carbocycles. The second kappa shape index (κ2) is 4.77. The van der Waals surface area contributed by atoms with Gasteiger partial charge in [-0.05, 0) is 28.3 Å². The van der Waals surface area contributed by atoms with E-state index in [-0.39, 0.29) is 0 Å². The third-order valence-electron chi connectivity index (χ3n) is 2.82. The largest absolute Gasteiger partial charge is 0.334 e. The minimum Gasteiger partial charge on any atom is -0.334 e. The molecule has 0 aliphatic rings. The molecule has 0 radical (unpaired) electrons. The lowest BCUT2D eigenvalue weighted by Gasteiger charge is -2.07. The average molecular weight is 296 g/mol. The maximum absolute atomic E-state index is 4.68. The van der Waals surface area contributed by atoms with E-state index in [0.717, 1.165) is 39.9 Å². The van der Waals surface area contributed by atoms with Gasteiger partial charge in [-0.25, -0.2) is 9.97 Å². The zero-order valence-electron chi connectivity index (χ0n) is 10.8. The number of nitrogens with zero attached hydrogens (tertiary/aromatic N) is 3. The first-order valence-corrected chi connectivity index (χ1v) is 6.82. The predicted molar refractivity (Wildman–Crippen MR) is 74.1 cm³/mol. The lowest BCUT2D eigenvalue weighted by molar-refractivity contribution is 0.619. The predicted octanol–water partition coefficient (Wildman–Crippen LogP) is 3.49. The van der Waals surface area contributed by atoms with Crippen LogP contribution in [0.1, 0.15) is 32.3 Å². The summed E-state index contributed by atoms with van der Waals surface area (Å²) in [5.74, 6) is 1.54. The highest BCUT2D eigenvalue weighted by Gasteiger charge is 2.13. The monoisotopic (exact) mass is 295 g/mol. The van der Waals surface area contributed by atoms with Crippen molar-refractivity contribution in [1.82, 2.24) is 14.5 Å². The third-order valence-corrected chi connectivity index (χ3v) is 3.42. The molecular formula is C13H18BrN3. The highest BCUT2D eigenvalue weighted by molar-refractivity contribution is 9.10. The van der Waals surface area contributed by atoms with Crippen molar-refractivity contribution in [3.63, 3.8) is 0 Å². The Hall–Kier alpha value is -0.900. The number of aryl methyl sites for hydroxylation is 2. The van der Waals surface area contributed by atoms with Crippen LogP contribution in [0.4, 0.5) is 0 Å². The second-order valence-electron chi connectivity index (χ2n) is 4.82. The minimum atomic E-state index is 0.584. The first-order chi connectivity index (χ1) is 8.02. The molecule has 0 N–H and O–H groups in total. The van der Waals surface area contributed by atoms with Crippen molar-refractivity contribution in [3.8, 4) is 0 Å². The van der Waals surface area contributed by atoms with Gasteiger partial charge in [-0.2, -0.15) is 0 Å². The Kier molecular flexibility index (Phi) is 3.52. The molecule has 2 aromatic rings. The fourth-order valence-electron chi connectivity index (χ4n) is 2.05. The molecule has 2 heterocycles.